The summed E-state index contributed by atoms with van der Waals surface area (Å²) in [5.41, 5.74) is 0. The van der Waals surface area contributed by atoms with E-state index in [-0.39, 0.29) is 6.16 Å². The molecule has 0 radical (unpaired) electrons. The summed E-state index contributed by atoms with van der Waals surface area (Å²) in [7, 11) is -3.16. The average molecular weight is 131 g/mol. The molecule has 0 aliphatic heterocycles. The predicted molar refractivity (Wildman–Crippen MR) is 29.1 cm³/mol. The van der Waals surface area contributed by atoms with Crippen molar-refractivity contribution in [1.29, 1.82) is 0 Å². The standard InChI is InChI=1S/C2H8ClO2P/c1-2-6(3,4)5/h4-6H,2H2,1H3. The van der Waals surface area contributed by atoms with Gasteiger partial charge in [0.25, 0.3) is 0 Å². The van der Waals surface area contributed by atoms with Gasteiger partial charge in [-0.1, -0.05) is 0 Å². The topological polar surface area (TPSA) is 40.5 Å². The number of halogens is 1. The van der Waals surface area contributed by atoms with Crippen molar-refractivity contribution in [2.45, 2.75) is 6.92 Å². The predicted octanol–water partition coefficient (Wildman–Crippen LogP) is 0.725. The second-order valence-corrected chi connectivity index (χ2v) is 5.03. The Kier molecular flexibility index (Phi) is 2.30. The summed E-state index contributed by atoms with van der Waals surface area (Å²) in [5, 5.41) is 0. The molecule has 0 saturated heterocycles. The third-order valence-electron chi connectivity index (χ3n) is 0.450. The van der Waals surface area contributed by atoms with Crippen molar-refractivity contribution in [2.75, 3.05) is 6.16 Å². The molecule has 2 nitrogen and oxygen atoms in total. The molecule has 0 saturated carbocycles. The normalized spacial score (nSPS) is 14.7. The van der Waals surface area contributed by atoms with Gasteiger partial charge in [-0.2, -0.15) is 0 Å². The van der Waals surface area contributed by atoms with Gasteiger partial charge < -0.3 is 0 Å². The summed E-state index contributed by atoms with van der Waals surface area (Å²) in [5.74, 6) is 0. The Labute approximate surface area is 42.0 Å². The number of hydrogen-bond acceptors (Lipinski definition) is 2. The average Bonchev–Trinajstić information content (AvgIpc) is 1.35. The molecule has 0 aliphatic rings. The van der Waals surface area contributed by atoms with Crippen molar-refractivity contribution in [3.63, 3.8) is 0 Å². The van der Waals surface area contributed by atoms with E-state index in [1.54, 1.807) is 6.92 Å². The molecular formula is C2H8ClO2P. The summed E-state index contributed by atoms with van der Waals surface area (Å²) in [6.45, 7) is 1.64. The Hall–Kier alpha value is 0.640. The van der Waals surface area contributed by atoms with Gasteiger partial charge in [0, 0.05) is 0 Å². The Morgan fingerprint density at radius 2 is 1.83 bits per heavy atom. The zero-order valence-corrected chi connectivity index (χ0v) is 5.24. The van der Waals surface area contributed by atoms with Gasteiger partial charge in [0.05, 0.1) is 0 Å². The van der Waals surface area contributed by atoms with Crippen LogP contribution in [0.4, 0.5) is 0 Å². The fraction of sp³-hybridized carbons (Fsp3) is 1.00. The van der Waals surface area contributed by atoms with Crippen molar-refractivity contribution in [3.8, 4) is 0 Å². The minimum absolute atomic E-state index is 0.286. The van der Waals surface area contributed by atoms with Gasteiger partial charge in [-0.25, -0.2) is 0 Å². The Morgan fingerprint density at radius 3 is 1.83 bits per heavy atom. The molecule has 0 rings (SSSR count). The zero-order valence-electron chi connectivity index (χ0n) is 3.48. The van der Waals surface area contributed by atoms with Crippen molar-refractivity contribution in [1.82, 2.24) is 0 Å². The van der Waals surface area contributed by atoms with Gasteiger partial charge in [0.15, 0.2) is 0 Å². The number of rotatable bonds is 1. The van der Waals surface area contributed by atoms with Crippen LogP contribution in [0.5, 0.6) is 0 Å². The number of hydrogen-bond donors (Lipinski definition) is 2. The summed E-state index contributed by atoms with van der Waals surface area (Å²) in [6, 6.07) is 0. The van der Waals surface area contributed by atoms with Crippen molar-refractivity contribution in [3.05, 3.63) is 0 Å². The van der Waals surface area contributed by atoms with Crippen LogP contribution in [0.1, 0.15) is 6.92 Å². The Balaban J connectivity index is 3.17. The van der Waals surface area contributed by atoms with Gasteiger partial charge in [0.2, 0.25) is 0 Å². The molecule has 0 aromatic heterocycles. The fourth-order valence-electron chi connectivity index (χ4n) is 0. The first-order chi connectivity index (χ1) is 2.56. The first-order valence-electron chi connectivity index (χ1n) is 1.70. The summed E-state index contributed by atoms with van der Waals surface area (Å²) in [4.78, 5) is 16.6. The van der Waals surface area contributed by atoms with Crippen LogP contribution < -0.4 is 0 Å². The maximum absolute atomic E-state index is 8.29. The summed E-state index contributed by atoms with van der Waals surface area (Å²) >= 11 is 4.97. The summed E-state index contributed by atoms with van der Waals surface area (Å²) < 4.78 is 0. The van der Waals surface area contributed by atoms with E-state index in [1.165, 1.54) is 0 Å². The van der Waals surface area contributed by atoms with Crippen molar-refractivity contribution >= 4 is 18.3 Å². The van der Waals surface area contributed by atoms with Gasteiger partial charge in [-0.3, -0.25) is 0 Å². The molecular weight excluding hydrogens is 122 g/mol. The first-order valence-corrected chi connectivity index (χ1v) is 4.81. The van der Waals surface area contributed by atoms with E-state index < -0.39 is 7.07 Å². The molecule has 4 heteroatoms. The zero-order chi connectivity index (χ0) is 5.21. The molecule has 2 N–H and O–H groups in total. The van der Waals surface area contributed by atoms with E-state index in [0.29, 0.717) is 0 Å². The molecule has 0 unspecified atom stereocenters. The third-order valence-corrected chi connectivity index (χ3v) is 2.15. The van der Waals surface area contributed by atoms with Crippen LogP contribution in [0.2, 0.25) is 0 Å². The van der Waals surface area contributed by atoms with Crippen molar-refractivity contribution in [2.24, 2.45) is 0 Å². The molecule has 0 spiro atoms. The van der Waals surface area contributed by atoms with Gasteiger partial charge in [0.1, 0.15) is 0 Å². The van der Waals surface area contributed by atoms with Crippen molar-refractivity contribution < 1.29 is 9.79 Å². The first kappa shape index (κ1) is 6.64. The van der Waals surface area contributed by atoms with Crippen LogP contribution in [0, 0.1) is 0 Å². The fourth-order valence-corrected chi connectivity index (χ4v) is 0. The van der Waals surface area contributed by atoms with Crippen LogP contribution in [0.25, 0.3) is 0 Å². The molecule has 0 atom stereocenters. The van der Waals surface area contributed by atoms with Gasteiger partial charge in [-0.05, 0) is 0 Å². The van der Waals surface area contributed by atoms with E-state index in [0.717, 1.165) is 0 Å². The van der Waals surface area contributed by atoms with Crippen LogP contribution in [0.15, 0.2) is 0 Å². The second kappa shape index (κ2) is 2.08. The van der Waals surface area contributed by atoms with E-state index >= 15 is 0 Å². The van der Waals surface area contributed by atoms with E-state index in [2.05, 4.69) is 0 Å². The molecule has 0 amide bonds. The van der Waals surface area contributed by atoms with E-state index in [4.69, 9.17) is 21.0 Å². The molecule has 0 bridgehead atoms. The monoisotopic (exact) mass is 130 g/mol. The Morgan fingerprint density at radius 1 is 1.67 bits per heavy atom. The van der Waals surface area contributed by atoms with Crippen LogP contribution in [-0.4, -0.2) is 15.9 Å². The molecule has 0 heterocycles. The Bertz CT molecular complexity index is 41.3. The molecule has 0 aliphatic carbocycles. The molecule has 0 aromatic rings. The summed E-state index contributed by atoms with van der Waals surface area (Å²) in [6.07, 6.45) is 0.286. The minimum atomic E-state index is -3.16. The molecule has 6 heavy (non-hydrogen) atoms. The third kappa shape index (κ3) is 4.64. The van der Waals surface area contributed by atoms with Crippen LogP contribution in [-0.2, 0) is 0 Å². The van der Waals surface area contributed by atoms with Gasteiger partial charge >= 0.3 is 41.2 Å². The van der Waals surface area contributed by atoms with Crippen LogP contribution in [0.3, 0.4) is 0 Å². The van der Waals surface area contributed by atoms with Gasteiger partial charge in [-0.15, -0.1) is 0 Å². The molecule has 40 valence electrons. The SMILES string of the molecule is CC[PH](O)(O)Cl. The second-order valence-electron chi connectivity index (χ2n) is 1.07. The molecule has 0 fully saturated rings. The quantitative estimate of drug-likeness (QED) is 0.514. The van der Waals surface area contributed by atoms with E-state index in [9.17, 15) is 0 Å². The van der Waals surface area contributed by atoms with E-state index in [1.807, 2.05) is 0 Å². The van der Waals surface area contributed by atoms with Crippen LogP contribution >= 0.6 is 18.3 Å². The molecule has 0 aromatic carbocycles. The maximum atomic E-state index is 8.29.